The molecule has 28 heavy (non-hydrogen) atoms. The molecule has 0 saturated carbocycles. The third-order valence-electron chi connectivity index (χ3n) is 4.13. The van der Waals surface area contributed by atoms with E-state index in [2.05, 4.69) is 44.9 Å². The van der Waals surface area contributed by atoms with Gasteiger partial charge in [0, 0.05) is 18.3 Å². The van der Waals surface area contributed by atoms with Crippen LogP contribution in [0.25, 0.3) is 0 Å². The summed E-state index contributed by atoms with van der Waals surface area (Å²) in [6, 6.07) is 20.3. The van der Waals surface area contributed by atoms with Crippen LogP contribution < -0.4 is 15.4 Å². The second-order valence-electron chi connectivity index (χ2n) is 7.02. The van der Waals surface area contributed by atoms with Gasteiger partial charge in [0.2, 0.25) is 5.95 Å². The average Bonchev–Trinajstić information content (AvgIpc) is 2.67. The van der Waals surface area contributed by atoms with Crippen molar-refractivity contribution in [1.82, 2.24) is 9.97 Å². The predicted octanol–water partition coefficient (Wildman–Crippen LogP) is 5.36. The monoisotopic (exact) mass is 376 g/mol. The van der Waals surface area contributed by atoms with Crippen LogP contribution in [0.15, 0.2) is 60.7 Å². The Balaban J connectivity index is 1.62. The Labute approximate surface area is 167 Å². The molecule has 0 amide bonds. The van der Waals surface area contributed by atoms with Gasteiger partial charge in [0.15, 0.2) is 0 Å². The normalized spacial score (nSPS) is 10.7. The summed E-state index contributed by atoms with van der Waals surface area (Å²) < 4.78 is 5.88. The highest BCUT2D eigenvalue weighted by Gasteiger charge is 2.08. The van der Waals surface area contributed by atoms with Crippen molar-refractivity contribution < 1.29 is 4.74 Å². The van der Waals surface area contributed by atoms with Crippen molar-refractivity contribution in [2.75, 3.05) is 17.2 Å². The lowest BCUT2D eigenvalue weighted by Crippen LogP contribution is -2.10. The predicted molar refractivity (Wildman–Crippen MR) is 116 cm³/mol. The minimum Gasteiger partial charge on any atom is -0.489 e. The Bertz CT molecular complexity index is 881. The molecule has 0 bridgehead atoms. The van der Waals surface area contributed by atoms with Gasteiger partial charge in [-0.15, -0.1) is 0 Å². The van der Waals surface area contributed by atoms with Crippen LogP contribution >= 0.6 is 0 Å². The summed E-state index contributed by atoms with van der Waals surface area (Å²) in [5.74, 6) is 2.20. The lowest BCUT2D eigenvalue weighted by atomic mass is 10.1. The van der Waals surface area contributed by atoms with Gasteiger partial charge in [0.1, 0.15) is 11.6 Å². The van der Waals surface area contributed by atoms with Crippen molar-refractivity contribution in [1.29, 1.82) is 0 Å². The van der Waals surface area contributed by atoms with Crippen LogP contribution in [0.2, 0.25) is 0 Å². The molecular weight excluding hydrogens is 348 g/mol. The maximum atomic E-state index is 5.88. The van der Waals surface area contributed by atoms with Gasteiger partial charge >= 0.3 is 0 Å². The fourth-order valence-corrected chi connectivity index (χ4v) is 2.91. The number of ether oxygens (including phenoxy) is 1. The standard InChI is InChI=1S/C23H28N4O/c1-17(2)28-21-14-8-7-13-20(21)26-22-16-18(3)25-23(27-22)24-15-9-12-19-10-5-4-6-11-19/h4-8,10-11,13-14,16-17H,9,12,15H2,1-3H3,(H2,24,25,26,27). The first kappa shape index (κ1) is 19.7. The number of rotatable bonds is 9. The van der Waals surface area contributed by atoms with E-state index in [4.69, 9.17) is 4.74 Å². The second-order valence-corrected chi connectivity index (χ2v) is 7.02. The van der Waals surface area contributed by atoms with E-state index >= 15 is 0 Å². The third-order valence-corrected chi connectivity index (χ3v) is 4.13. The zero-order chi connectivity index (χ0) is 19.8. The van der Waals surface area contributed by atoms with Gasteiger partial charge < -0.3 is 15.4 Å². The maximum Gasteiger partial charge on any atom is 0.224 e. The van der Waals surface area contributed by atoms with Gasteiger partial charge in [-0.25, -0.2) is 4.98 Å². The zero-order valence-electron chi connectivity index (χ0n) is 16.8. The Kier molecular flexibility index (Phi) is 6.84. The first-order valence-corrected chi connectivity index (χ1v) is 9.76. The molecule has 0 fully saturated rings. The van der Waals surface area contributed by atoms with Crippen LogP contribution in [0, 0.1) is 6.92 Å². The van der Waals surface area contributed by atoms with E-state index in [0.717, 1.165) is 42.3 Å². The van der Waals surface area contributed by atoms with Gasteiger partial charge in [0.25, 0.3) is 0 Å². The summed E-state index contributed by atoms with van der Waals surface area (Å²) >= 11 is 0. The minimum absolute atomic E-state index is 0.108. The Morgan fingerprint density at radius 3 is 2.50 bits per heavy atom. The summed E-state index contributed by atoms with van der Waals surface area (Å²) in [5.41, 5.74) is 3.15. The molecule has 0 atom stereocenters. The summed E-state index contributed by atoms with van der Waals surface area (Å²) in [6.07, 6.45) is 2.16. The molecule has 0 saturated heterocycles. The quantitative estimate of drug-likeness (QED) is 0.492. The number of benzene rings is 2. The number of aryl methyl sites for hydroxylation is 2. The van der Waals surface area contributed by atoms with Crippen molar-refractivity contribution >= 4 is 17.5 Å². The van der Waals surface area contributed by atoms with Crippen LogP contribution in [0.1, 0.15) is 31.5 Å². The van der Waals surface area contributed by atoms with Crippen LogP contribution in [0.3, 0.4) is 0 Å². The van der Waals surface area contributed by atoms with E-state index < -0.39 is 0 Å². The fourth-order valence-electron chi connectivity index (χ4n) is 2.91. The number of nitrogens with zero attached hydrogens (tertiary/aromatic N) is 2. The third kappa shape index (κ3) is 5.98. The Morgan fingerprint density at radius 1 is 0.964 bits per heavy atom. The summed E-state index contributed by atoms with van der Waals surface area (Å²) in [5, 5.41) is 6.69. The SMILES string of the molecule is Cc1cc(Nc2ccccc2OC(C)C)nc(NCCCc2ccccc2)n1. The molecular formula is C23H28N4O. The van der Waals surface area contributed by atoms with Crippen LogP contribution in [0.5, 0.6) is 5.75 Å². The highest BCUT2D eigenvalue weighted by atomic mass is 16.5. The fraction of sp³-hybridized carbons (Fsp3) is 0.304. The number of nitrogens with one attached hydrogen (secondary N) is 2. The summed E-state index contributed by atoms with van der Waals surface area (Å²) in [7, 11) is 0. The zero-order valence-corrected chi connectivity index (χ0v) is 16.8. The van der Waals surface area contributed by atoms with Crippen molar-refractivity contribution in [2.24, 2.45) is 0 Å². The molecule has 0 spiro atoms. The number of aromatic nitrogens is 2. The molecule has 0 aliphatic heterocycles. The lowest BCUT2D eigenvalue weighted by molar-refractivity contribution is 0.244. The van der Waals surface area contributed by atoms with Gasteiger partial charge in [0.05, 0.1) is 11.8 Å². The molecule has 0 radical (unpaired) electrons. The van der Waals surface area contributed by atoms with E-state index in [-0.39, 0.29) is 6.10 Å². The van der Waals surface area contributed by atoms with Crippen molar-refractivity contribution in [3.8, 4) is 5.75 Å². The van der Waals surface area contributed by atoms with Crippen LogP contribution in [-0.4, -0.2) is 22.6 Å². The number of anilines is 3. The van der Waals surface area contributed by atoms with Gasteiger partial charge in [-0.3, -0.25) is 0 Å². The van der Waals surface area contributed by atoms with Crippen LogP contribution in [-0.2, 0) is 6.42 Å². The maximum absolute atomic E-state index is 5.88. The highest BCUT2D eigenvalue weighted by molar-refractivity contribution is 5.64. The molecule has 0 unspecified atom stereocenters. The van der Waals surface area contributed by atoms with Crippen molar-refractivity contribution in [3.05, 3.63) is 71.9 Å². The Morgan fingerprint density at radius 2 is 1.71 bits per heavy atom. The van der Waals surface area contributed by atoms with E-state index in [0.29, 0.717) is 5.95 Å². The first-order valence-electron chi connectivity index (χ1n) is 9.76. The summed E-state index contributed by atoms with van der Waals surface area (Å²) in [6.45, 7) is 6.83. The van der Waals surface area contributed by atoms with E-state index in [1.807, 2.05) is 57.2 Å². The minimum atomic E-state index is 0.108. The number of para-hydroxylation sites is 2. The Hall–Kier alpha value is -3.08. The largest absolute Gasteiger partial charge is 0.489 e. The van der Waals surface area contributed by atoms with E-state index in [1.165, 1.54) is 5.56 Å². The second kappa shape index (κ2) is 9.74. The van der Waals surface area contributed by atoms with Gasteiger partial charge in [-0.1, -0.05) is 42.5 Å². The molecule has 146 valence electrons. The summed E-state index contributed by atoms with van der Waals surface area (Å²) in [4.78, 5) is 9.10. The molecule has 1 aromatic heterocycles. The topological polar surface area (TPSA) is 59.1 Å². The molecule has 2 N–H and O–H groups in total. The first-order chi connectivity index (χ1) is 13.6. The molecule has 0 aliphatic rings. The molecule has 3 aromatic rings. The highest BCUT2D eigenvalue weighted by Crippen LogP contribution is 2.28. The number of hydrogen-bond donors (Lipinski definition) is 2. The van der Waals surface area contributed by atoms with E-state index in [1.54, 1.807) is 0 Å². The van der Waals surface area contributed by atoms with Crippen molar-refractivity contribution in [2.45, 2.75) is 39.7 Å². The molecule has 3 rings (SSSR count). The van der Waals surface area contributed by atoms with Gasteiger partial charge in [-0.2, -0.15) is 4.98 Å². The van der Waals surface area contributed by atoms with Gasteiger partial charge in [-0.05, 0) is 51.3 Å². The smallest absolute Gasteiger partial charge is 0.224 e. The van der Waals surface area contributed by atoms with Crippen LogP contribution in [0.4, 0.5) is 17.5 Å². The lowest BCUT2D eigenvalue weighted by Gasteiger charge is -2.15. The van der Waals surface area contributed by atoms with Crippen molar-refractivity contribution in [3.63, 3.8) is 0 Å². The molecule has 0 aliphatic carbocycles. The molecule has 1 heterocycles. The molecule has 2 aromatic carbocycles. The molecule has 5 heteroatoms. The van der Waals surface area contributed by atoms with E-state index in [9.17, 15) is 0 Å². The molecule has 5 nitrogen and oxygen atoms in total. The average molecular weight is 377 g/mol. The number of hydrogen-bond acceptors (Lipinski definition) is 5.